The van der Waals surface area contributed by atoms with Crippen LogP contribution in [0.15, 0.2) is 18.2 Å². The fourth-order valence-corrected chi connectivity index (χ4v) is 4.00. The monoisotopic (exact) mass is 362 g/mol. The fourth-order valence-electron chi connectivity index (χ4n) is 4.00. The normalized spacial score (nSPS) is 26.8. The van der Waals surface area contributed by atoms with Crippen LogP contribution in [-0.2, 0) is 6.54 Å². The van der Waals surface area contributed by atoms with Crippen molar-refractivity contribution in [1.29, 1.82) is 0 Å². The minimum Gasteiger partial charge on any atom is -0.493 e. The van der Waals surface area contributed by atoms with Crippen LogP contribution in [0.4, 0.5) is 8.78 Å². The van der Waals surface area contributed by atoms with Gasteiger partial charge in [-0.05, 0) is 42.4 Å². The molecule has 0 bridgehead atoms. The summed E-state index contributed by atoms with van der Waals surface area (Å²) in [7, 11) is 1.44. The van der Waals surface area contributed by atoms with Crippen molar-refractivity contribution in [3.63, 3.8) is 0 Å². The van der Waals surface area contributed by atoms with Gasteiger partial charge in [0.15, 0.2) is 11.5 Å². The Kier molecular flexibility index (Phi) is 6.66. The maximum Gasteiger partial charge on any atom is 0.387 e. The Morgan fingerprint density at radius 3 is 2.71 bits per heavy atom. The Labute approximate surface area is 147 Å². The minimum absolute atomic E-state index is 0. The molecule has 7 heteroatoms. The molecule has 1 aliphatic carbocycles. The predicted molar refractivity (Wildman–Crippen MR) is 91.0 cm³/mol. The van der Waals surface area contributed by atoms with Crippen LogP contribution < -0.4 is 15.2 Å². The van der Waals surface area contributed by atoms with Gasteiger partial charge in [-0.3, -0.25) is 4.90 Å². The van der Waals surface area contributed by atoms with Crippen LogP contribution in [0.25, 0.3) is 0 Å². The lowest BCUT2D eigenvalue weighted by atomic mass is 9.78. The molecule has 1 aliphatic heterocycles. The van der Waals surface area contributed by atoms with Crippen molar-refractivity contribution >= 4 is 12.4 Å². The summed E-state index contributed by atoms with van der Waals surface area (Å²) in [5.74, 6) is 1.66. The molecule has 1 heterocycles. The molecular formula is C17H25ClF2N2O2. The first kappa shape index (κ1) is 19.2. The van der Waals surface area contributed by atoms with Crippen molar-refractivity contribution in [2.45, 2.75) is 38.5 Å². The van der Waals surface area contributed by atoms with Crippen LogP contribution >= 0.6 is 12.4 Å². The lowest BCUT2D eigenvalue weighted by Gasteiger charge is -2.29. The molecule has 136 valence electrons. The number of fused-ring (bicyclic) bond motifs is 1. The molecular weight excluding hydrogens is 338 g/mol. The Bertz CT molecular complexity index is 547. The van der Waals surface area contributed by atoms with E-state index in [0.29, 0.717) is 23.6 Å². The summed E-state index contributed by atoms with van der Waals surface area (Å²) in [6, 6.07) is 5.53. The standard InChI is InChI=1S/C17H24F2N2O2.ClH/c1-22-15-6-5-11(7-16(15)23-17(18)19)8-21-9-12-3-2-4-14(20)13(12)10-21;/h5-7,12-14,17H,2-4,8-10,20H2,1H3;1H. The minimum atomic E-state index is -2.85. The van der Waals surface area contributed by atoms with Gasteiger partial charge in [0.1, 0.15) is 0 Å². The maximum absolute atomic E-state index is 12.5. The summed E-state index contributed by atoms with van der Waals surface area (Å²) >= 11 is 0. The summed E-state index contributed by atoms with van der Waals surface area (Å²) < 4.78 is 34.7. The second-order valence-corrected chi connectivity index (χ2v) is 6.58. The number of halogens is 3. The fraction of sp³-hybridized carbons (Fsp3) is 0.647. The topological polar surface area (TPSA) is 47.7 Å². The van der Waals surface area contributed by atoms with E-state index in [4.69, 9.17) is 10.5 Å². The van der Waals surface area contributed by atoms with E-state index in [1.165, 1.54) is 20.0 Å². The molecule has 3 atom stereocenters. The van der Waals surface area contributed by atoms with E-state index in [-0.39, 0.29) is 18.2 Å². The zero-order valence-corrected chi connectivity index (χ0v) is 14.6. The van der Waals surface area contributed by atoms with Crippen LogP contribution in [0.5, 0.6) is 11.5 Å². The van der Waals surface area contributed by atoms with Gasteiger partial charge < -0.3 is 15.2 Å². The van der Waals surface area contributed by atoms with Gasteiger partial charge in [0.05, 0.1) is 7.11 Å². The summed E-state index contributed by atoms with van der Waals surface area (Å²) in [5.41, 5.74) is 7.20. The van der Waals surface area contributed by atoms with Crippen LogP contribution in [0.3, 0.4) is 0 Å². The van der Waals surface area contributed by atoms with E-state index < -0.39 is 6.61 Å². The molecule has 0 radical (unpaired) electrons. The third-order valence-electron chi connectivity index (χ3n) is 5.08. The molecule has 1 saturated heterocycles. The number of nitrogens with two attached hydrogens (primary N) is 1. The Morgan fingerprint density at radius 2 is 2.04 bits per heavy atom. The van der Waals surface area contributed by atoms with E-state index in [2.05, 4.69) is 9.64 Å². The van der Waals surface area contributed by atoms with Gasteiger partial charge >= 0.3 is 6.61 Å². The van der Waals surface area contributed by atoms with E-state index >= 15 is 0 Å². The summed E-state index contributed by atoms with van der Waals surface area (Å²) in [6.07, 6.45) is 3.58. The number of nitrogens with zero attached hydrogens (tertiary/aromatic N) is 1. The van der Waals surface area contributed by atoms with Crippen molar-refractivity contribution in [3.8, 4) is 11.5 Å². The number of likely N-dealkylation sites (tertiary alicyclic amines) is 1. The average molecular weight is 363 g/mol. The van der Waals surface area contributed by atoms with E-state index in [9.17, 15) is 8.78 Å². The molecule has 1 aromatic rings. The number of alkyl halides is 2. The van der Waals surface area contributed by atoms with Gasteiger partial charge in [-0.25, -0.2) is 0 Å². The van der Waals surface area contributed by atoms with Crippen LogP contribution in [-0.4, -0.2) is 37.8 Å². The van der Waals surface area contributed by atoms with Crippen molar-refractivity contribution in [1.82, 2.24) is 4.90 Å². The molecule has 2 N–H and O–H groups in total. The first-order valence-corrected chi connectivity index (χ1v) is 8.16. The Balaban J connectivity index is 0.00000208. The largest absolute Gasteiger partial charge is 0.493 e. The summed E-state index contributed by atoms with van der Waals surface area (Å²) in [4.78, 5) is 2.37. The zero-order valence-electron chi connectivity index (χ0n) is 13.8. The second kappa shape index (κ2) is 8.32. The highest BCUT2D eigenvalue weighted by Gasteiger charge is 2.38. The Hall–Kier alpha value is -1.11. The first-order valence-electron chi connectivity index (χ1n) is 8.16. The van der Waals surface area contributed by atoms with Crippen molar-refractivity contribution in [3.05, 3.63) is 23.8 Å². The van der Waals surface area contributed by atoms with E-state index in [1.807, 2.05) is 6.07 Å². The van der Waals surface area contributed by atoms with Gasteiger partial charge in [-0.1, -0.05) is 12.5 Å². The van der Waals surface area contributed by atoms with Crippen LogP contribution in [0.2, 0.25) is 0 Å². The Morgan fingerprint density at radius 1 is 1.25 bits per heavy atom. The molecule has 2 fully saturated rings. The molecule has 3 rings (SSSR count). The molecule has 2 aliphatic rings. The molecule has 1 aromatic carbocycles. The lowest BCUT2D eigenvalue weighted by molar-refractivity contribution is -0.0512. The van der Waals surface area contributed by atoms with Gasteiger partial charge in [0.2, 0.25) is 0 Å². The second-order valence-electron chi connectivity index (χ2n) is 6.58. The first-order chi connectivity index (χ1) is 11.1. The quantitative estimate of drug-likeness (QED) is 0.873. The van der Waals surface area contributed by atoms with Gasteiger partial charge in [-0.15, -0.1) is 12.4 Å². The zero-order chi connectivity index (χ0) is 16.4. The number of ether oxygens (including phenoxy) is 2. The number of methoxy groups -OCH3 is 1. The van der Waals surface area contributed by atoms with Crippen LogP contribution in [0, 0.1) is 11.8 Å². The molecule has 4 nitrogen and oxygen atoms in total. The van der Waals surface area contributed by atoms with E-state index in [0.717, 1.165) is 31.6 Å². The maximum atomic E-state index is 12.5. The SMILES string of the molecule is COc1ccc(CN2CC3CCCC(N)C3C2)cc1OC(F)F.Cl. The van der Waals surface area contributed by atoms with Crippen molar-refractivity contribution in [2.75, 3.05) is 20.2 Å². The van der Waals surface area contributed by atoms with Gasteiger partial charge in [-0.2, -0.15) is 8.78 Å². The number of hydrogen-bond acceptors (Lipinski definition) is 4. The number of hydrogen-bond donors (Lipinski definition) is 1. The lowest BCUT2D eigenvalue weighted by Crippen LogP contribution is -2.38. The molecule has 3 unspecified atom stereocenters. The van der Waals surface area contributed by atoms with Crippen molar-refractivity contribution in [2.24, 2.45) is 17.6 Å². The van der Waals surface area contributed by atoms with Gasteiger partial charge in [0.25, 0.3) is 0 Å². The number of rotatable bonds is 5. The molecule has 0 amide bonds. The summed E-state index contributed by atoms with van der Waals surface area (Å²) in [5, 5.41) is 0. The van der Waals surface area contributed by atoms with Crippen molar-refractivity contribution < 1.29 is 18.3 Å². The average Bonchev–Trinajstić information content (AvgIpc) is 2.91. The van der Waals surface area contributed by atoms with Gasteiger partial charge in [0, 0.05) is 25.7 Å². The van der Waals surface area contributed by atoms with Crippen LogP contribution in [0.1, 0.15) is 24.8 Å². The highest BCUT2D eigenvalue weighted by Crippen LogP contribution is 2.37. The molecule has 24 heavy (non-hydrogen) atoms. The third-order valence-corrected chi connectivity index (χ3v) is 5.08. The molecule has 1 saturated carbocycles. The van der Waals surface area contributed by atoms with E-state index in [1.54, 1.807) is 12.1 Å². The highest BCUT2D eigenvalue weighted by molar-refractivity contribution is 5.85. The third kappa shape index (κ3) is 4.29. The number of benzene rings is 1. The highest BCUT2D eigenvalue weighted by atomic mass is 35.5. The predicted octanol–water partition coefficient (Wildman–Crippen LogP) is 3.28. The summed E-state index contributed by atoms with van der Waals surface area (Å²) in [6.45, 7) is -0.103. The smallest absolute Gasteiger partial charge is 0.387 e. The molecule has 0 aromatic heterocycles. The molecule has 0 spiro atoms.